The van der Waals surface area contributed by atoms with Gasteiger partial charge in [0.2, 0.25) is 0 Å². The van der Waals surface area contributed by atoms with Gasteiger partial charge in [0, 0.05) is 26.7 Å². The van der Waals surface area contributed by atoms with Crippen molar-refractivity contribution in [2.75, 3.05) is 26.3 Å². The van der Waals surface area contributed by atoms with Crippen molar-refractivity contribution in [2.45, 2.75) is 19.6 Å². The molecule has 0 amide bonds. The van der Waals surface area contributed by atoms with E-state index < -0.39 is 0 Å². The Balaban J connectivity index is 1.47. The average Bonchev–Trinajstić information content (AvgIpc) is 3.05. The SMILES string of the molecule is CCOc1ccc(CN2CCOC(c3ccc4ncn(C)c4c3)C2)cc1F. The van der Waals surface area contributed by atoms with Gasteiger partial charge in [-0.3, -0.25) is 4.90 Å². The van der Waals surface area contributed by atoms with Crippen LogP contribution >= 0.6 is 0 Å². The van der Waals surface area contributed by atoms with E-state index in [1.165, 1.54) is 0 Å². The lowest BCUT2D eigenvalue weighted by atomic mass is 10.1. The molecular weight excluding hydrogens is 345 g/mol. The van der Waals surface area contributed by atoms with Crippen LogP contribution in [0.3, 0.4) is 0 Å². The van der Waals surface area contributed by atoms with Crippen LogP contribution in [-0.4, -0.2) is 40.8 Å². The predicted octanol–water partition coefficient (Wildman–Crippen LogP) is 3.68. The molecule has 1 aliphatic heterocycles. The van der Waals surface area contributed by atoms with Crippen molar-refractivity contribution in [1.29, 1.82) is 0 Å². The average molecular weight is 369 g/mol. The Labute approximate surface area is 158 Å². The fraction of sp³-hybridized carbons (Fsp3) is 0.381. The Morgan fingerprint density at radius 1 is 1.26 bits per heavy atom. The first kappa shape index (κ1) is 17.9. The number of hydrogen-bond donors (Lipinski definition) is 0. The Bertz CT molecular complexity index is 940. The van der Waals surface area contributed by atoms with E-state index in [9.17, 15) is 4.39 Å². The molecular formula is C21H24FN3O2. The fourth-order valence-corrected chi connectivity index (χ4v) is 3.56. The Morgan fingerprint density at radius 2 is 2.15 bits per heavy atom. The third-order valence-corrected chi connectivity index (χ3v) is 4.97. The highest BCUT2D eigenvalue weighted by Crippen LogP contribution is 2.27. The third kappa shape index (κ3) is 3.82. The van der Waals surface area contributed by atoms with Crippen LogP contribution < -0.4 is 4.74 Å². The summed E-state index contributed by atoms with van der Waals surface area (Å²) in [7, 11) is 1.99. The molecule has 0 radical (unpaired) electrons. The van der Waals surface area contributed by atoms with E-state index in [-0.39, 0.29) is 11.9 Å². The molecule has 0 spiro atoms. The standard InChI is InChI=1S/C21H24FN3O2/c1-3-26-20-7-4-15(10-17(20)22)12-25-8-9-27-21(13-25)16-5-6-18-19(11-16)24(2)14-23-18/h4-7,10-11,14,21H,3,8-9,12-13H2,1-2H3. The first-order chi connectivity index (χ1) is 13.1. The van der Waals surface area contributed by atoms with Gasteiger partial charge in [0.1, 0.15) is 0 Å². The first-order valence-corrected chi connectivity index (χ1v) is 9.30. The molecule has 1 unspecified atom stereocenters. The molecule has 6 heteroatoms. The van der Waals surface area contributed by atoms with Crippen molar-refractivity contribution >= 4 is 11.0 Å². The van der Waals surface area contributed by atoms with Crippen LogP contribution in [0.15, 0.2) is 42.7 Å². The van der Waals surface area contributed by atoms with Gasteiger partial charge in [-0.1, -0.05) is 12.1 Å². The lowest BCUT2D eigenvalue weighted by Gasteiger charge is -2.33. The Morgan fingerprint density at radius 3 is 2.96 bits per heavy atom. The minimum absolute atomic E-state index is 0.00518. The zero-order valence-corrected chi connectivity index (χ0v) is 15.7. The van der Waals surface area contributed by atoms with Crippen molar-refractivity contribution in [2.24, 2.45) is 7.05 Å². The van der Waals surface area contributed by atoms with Crippen LogP contribution in [-0.2, 0) is 18.3 Å². The highest BCUT2D eigenvalue weighted by Gasteiger charge is 2.23. The van der Waals surface area contributed by atoms with E-state index in [2.05, 4.69) is 22.0 Å². The monoisotopic (exact) mass is 369 g/mol. The minimum Gasteiger partial charge on any atom is -0.491 e. The smallest absolute Gasteiger partial charge is 0.165 e. The second-order valence-corrected chi connectivity index (χ2v) is 6.90. The highest BCUT2D eigenvalue weighted by atomic mass is 19.1. The fourth-order valence-electron chi connectivity index (χ4n) is 3.56. The van der Waals surface area contributed by atoms with E-state index in [0.717, 1.165) is 35.2 Å². The molecule has 27 heavy (non-hydrogen) atoms. The lowest BCUT2D eigenvalue weighted by Crippen LogP contribution is -2.37. The van der Waals surface area contributed by atoms with Gasteiger partial charge in [-0.05, 0) is 42.3 Å². The molecule has 2 aromatic carbocycles. The van der Waals surface area contributed by atoms with Gasteiger partial charge in [-0.15, -0.1) is 0 Å². The number of nitrogens with zero attached hydrogens (tertiary/aromatic N) is 3. The largest absolute Gasteiger partial charge is 0.491 e. The molecule has 5 nitrogen and oxygen atoms in total. The van der Waals surface area contributed by atoms with Gasteiger partial charge in [0.05, 0.1) is 36.7 Å². The van der Waals surface area contributed by atoms with Crippen LogP contribution in [0.2, 0.25) is 0 Å². The number of morpholine rings is 1. The summed E-state index contributed by atoms with van der Waals surface area (Å²) in [5, 5.41) is 0. The van der Waals surface area contributed by atoms with Gasteiger partial charge < -0.3 is 14.0 Å². The van der Waals surface area contributed by atoms with Crippen LogP contribution in [0, 0.1) is 5.82 Å². The Kier molecular flexibility index (Phi) is 5.09. The second kappa shape index (κ2) is 7.66. The summed E-state index contributed by atoms with van der Waals surface area (Å²) < 4.78 is 27.4. The molecule has 1 atom stereocenters. The van der Waals surface area contributed by atoms with E-state index in [1.807, 2.05) is 37.0 Å². The molecule has 0 aliphatic carbocycles. The maximum atomic E-state index is 14.1. The summed E-state index contributed by atoms with van der Waals surface area (Å²) in [4.78, 5) is 6.67. The molecule has 0 bridgehead atoms. The van der Waals surface area contributed by atoms with Crippen molar-refractivity contribution < 1.29 is 13.9 Å². The van der Waals surface area contributed by atoms with E-state index >= 15 is 0 Å². The summed E-state index contributed by atoms with van der Waals surface area (Å²) in [5.74, 6) is 0.00593. The number of hydrogen-bond acceptors (Lipinski definition) is 4. The molecule has 142 valence electrons. The van der Waals surface area contributed by atoms with Gasteiger partial charge in [-0.25, -0.2) is 9.37 Å². The predicted molar refractivity (Wildman–Crippen MR) is 102 cm³/mol. The molecule has 1 fully saturated rings. The quantitative estimate of drug-likeness (QED) is 0.688. The van der Waals surface area contributed by atoms with Crippen molar-refractivity contribution in [3.63, 3.8) is 0 Å². The molecule has 4 rings (SSSR count). The number of imidazole rings is 1. The normalized spacial score (nSPS) is 18.1. The van der Waals surface area contributed by atoms with Gasteiger partial charge in [0.25, 0.3) is 0 Å². The summed E-state index contributed by atoms with van der Waals surface area (Å²) in [6, 6.07) is 11.5. The summed E-state index contributed by atoms with van der Waals surface area (Å²) in [6.07, 6.45) is 1.83. The Hall–Kier alpha value is -2.44. The lowest BCUT2D eigenvalue weighted by molar-refractivity contribution is -0.0329. The number of aromatic nitrogens is 2. The third-order valence-electron chi connectivity index (χ3n) is 4.97. The minimum atomic E-state index is -0.305. The first-order valence-electron chi connectivity index (χ1n) is 9.30. The molecule has 1 aromatic heterocycles. The van der Waals surface area contributed by atoms with E-state index in [0.29, 0.717) is 25.5 Å². The number of aryl methyl sites for hydroxylation is 1. The van der Waals surface area contributed by atoms with Gasteiger partial charge >= 0.3 is 0 Å². The van der Waals surface area contributed by atoms with Crippen LogP contribution in [0.5, 0.6) is 5.75 Å². The maximum Gasteiger partial charge on any atom is 0.165 e. The van der Waals surface area contributed by atoms with Gasteiger partial charge in [-0.2, -0.15) is 0 Å². The van der Waals surface area contributed by atoms with Crippen molar-refractivity contribution in [3.8, 4) is 5.75 Å². The molecule has 1 saturated heterocycles. The number of halogens is 1. The molecule has 0 N–H and O–H groups in total. The number of ether oxygens (including phenoxy) is 2. The van der Waals surface area contributed by atoms with Crippen LogP contribution in [0.4, 0.5) is 4.39 Å². The van der Waals surface area contributed by atoms with Crippen LogP contribution in [0.1, 0.15) is 24.2 Å². The van der Waals surface area contributed by atoms with Crippen LogP contribution in [0.25, 0.3) is 11.0 Å². The zero-order chi connectivity index (χ0) is 18.8. The number of rotatable bonds is 5. The summed E-state index contributed by atoms with van der Waals surface area (Å²) in [5.41, 5.74) is 4.17. The molecule has 2 heterocycles. The summed E-state index contributed by atoms with van der Waals surface area (Å²) >= 11 is 0. The van der Waals surface area contributed by atoms with Crippen molar-refractivity contribution in [1.82, 2.24) is 14.5 Å². The molecule has 3 aromatic rings. The zero-order valence-electron chi connectivity index (χ0n) is 15.7. The maximum absolute atomic E-state index is 14.1. The summed E-state index contributed by atoms with van der Waals surface area (Å²) in [6.45, 7) is 5.27. The number of benzene rings is 2. The van der Waals surface area contributed by atoms with Crippen molar-refractivity contribution in [3.05, 3.63) is 59.7 Å². The molecule has 0 saturated carbocycles. The topological polar surface area (TPSA) is 39.5 Å². The molecule has 1 aliphatic rings. The van der Waals surface area contributed by atoms with E-state index in [4.69, 9.17) is 9.47 Å². The van der Waals surface area contributed by atoms with E-state index in [1.54, 1.807) is 12.1 Å². The highest BCUT2D eigenvalue weighted by molar-refractivity contribution is 5.76. The second-order valence-electron chi connectivity index (χ2n) is 6.90. The number of fused-ring (bicyclic) bond motifs is 1. The van der Waals surface area contributed by atoms with Gasteiger partial charge in [0.15, 0.2) is 11.6 Å².